The normalized spacial score (nSPS) is 13.4. The van der Waals surface area contributed by atoms with Crippen LogP contribution in [0.3, 0.4) is 0 Å². The molecule has 0 saturated carbocycles. The summed E-state index contributed by atoms with van der Waals surface area (Å²) in [6, 6.07) is 6.36. The van der Waals surface area contributed by atoms with E-state index in [1.807, 2.05) is 24.4 Å². The quantitative estimate of drug-likeness (QED) is 0.862. The Morgan fingerprint density at radius 3 is 2.84 bits per heavy atom. The van der Waals surface area contributed by atoms with Gasteiger partial charge in [-0.1, -0.05) is 24.6 Å². The fourth-order valence-corrected chi connectivity index (χ4v) is 4.12. The van der Waals surface area contributed by atoms with E-state index in [-0.39, 0.29) is 16.1 Å². The fraction of sp³-hybridized carbons (Fsp3) is 0.250. The lowest BCUT2D eigenvalue weighted by molar-refractivity contribution is 0.553. The Labute approximate surface area is 121 Å². The molecule has 19 heavy (non-hydrogen) atoms. The Morgan fingerprint density at radius 2 is 2.26 bits per heavy atom. The Bertz CT molecular complexity index is 642. The third kappa shape index (κ3) is 3.54. The predicted molar refractivity (Wildman–Crippen MR) is 76.9 cm³/mol. The highest BCUT2D eigenvalue weighted by molar-refractivity contribution is 7.89. The van der Waals surface area contributed by atoms with E-state index in [0.29, 0.717) is 6.42 Å². The first-order valence-corrected chi connectivity index (χ1v) is 8.44. The zero-order valence-corrected chi connectivity index (χ0v) is 12.6. The summed E-state index contributed by atoms with van der Waals surface area (Å²) < 4.78 is 27.2. The molecule has 1 atom stereocenters. The van der Waals surface area contributed by atoms with Crippen LogP contribution in [-0.2, 0) is 10.0 Å². The molecule has 2 aromatic heterocycles. The van der Waals surface area contributed by atoms with Crippen LogP contribution in [-0.4, -0.2) is 13.4 Å². The van der Waals surface area contributed by atoms with Gasteiger partial charge in [0.25, 0.3) is 0 Å². The van der Waals surface area contributed by atoms with Crippen molar-refractivity contribution in [3.8, 4) is 0 Å². The molecule has 0 bridgehead atoms. The van der Waals surface area contributed by atoms with Crippen molar-refractivity contribution < 1.29 is 8.42 Å². The van der Waals surface area contributed by atoms with Gasteiger partial charge in [-0.3, -0.25) is 0 Å². The van der Waals surface area contributed by atoms with Crippen molar-refractivity contribution in [1.82, 2.24) is 9.71 Å². The first-order valence-electron chi connectivity index (χ1n) is 5.70. The number of sulfonamides is 1. The molecular weight excluding hydrogens is 304 g/mol. The van der Waals surface area contributed by atoms with Gasteiger partial charge in [0.05, 0.1) is 10.9 Å². The second-order valence-electron chi connectivity index (χ2n) is 3.91. The summed E-state index contributed by atoms with van der Waals surface area (Å²) in [5.41, 5.74) is 0. The van der Waals surface area contributed by atoms with Crippen LogP contribution in [0.2, 0.25) is 5.15 Å². The Morgan fingerprint density at radius 1 is 1.47 bits per heavy atom. The number of rotatable bonds is 5. The molecule has 7 heteroatoms. The molecule has 0 fully saturated rings. The third-order valence-electron chi connectivity index (χ3n) is 2.60. The fourth-order valence-electron chi connectivity index (χ4n) is 1.64. The summed E-state index contributed by atoms with van der Waals surface area (Å²) in [6.07, 6.45) is 2.06. The number of hydrogen-bond donors (Lipinski definition) is 1. The Balaban J connectivity index is 2.26. The number of nitrogens with zero attached hydrogens (tertiary/aromatic N) is 1. The average Bonchev–Trinajstić information content (AvgIpc) is 2.90. The second-order valence-corrected chi connectivity index (χ2v) is 6.99. The smallest absolute Gasteiger partial charge is 0.241 e. The van der Waals surface area contributed by atoms with Gasteiger partial charge in [0.15, 0.2) is 0 Å². The number of nitrogens with one attached hydrogen (secondary N) is 1. The highest BCUT2D eigenvalue weighted by atomic mass is 35.5. The maximum absolute atomic E-state index is 12.3. The summed E-state index contributed by atoms with van der Waals surface area (Å²) in [6.45, 7) is 1.94. The molecule has 4 nitrogen and oxygen atoms in total. The van der Waals surface area contributed by atoms with Crippen molar-refractivity contribution in [2.24, 2.45) is 0 Å². The maximum atomic E-state index is 12.3. The van der Waals surface area contributed by atoms with Gasteiger partial charge in [-0.2, -0.15) is 0 Å². The molecule has 0 aliphatic heterocycles. The summed E-state index contributed by atoms with van der Waals surface area (Å²) in [4.78, 5) is 4.90. The molecule has 1 unspecified atom stereocenters. The molecule has 1 N–H and O–H groups in total. The molecule has 2 heterocycles. The van der Waals surface area contributed by atoms with E-state index in [0.717, 1.165) is 4.88 Å². The highest BCUT2D eigenvalue weighted by Crippen LogP contribution is 2.24. The lowest BCUT2D eigenvalue weighted by Crippen LogP contribution is -2.27. The first kappa shape index (κ1) is 14.5. The molecule has 0 aliphatic carbocycles. The number of pyridine rings is 1. The van der Waals surface area contributed by atoms with Crippen LogP contribution < -0.4 is 4.72 Å². The zero-order valence-electron chi connectivity index (χ0n) is 10.2. The molecule has 2 aromatic rings. The van der Waals surface area contributed by atoms with Crippen molar-refractivity contribution >= 4 is 33.0 Å². The van der Waals surface area contributed by atoms with Crippen LogP contribution in [0.25, 0.3) is 0 Å². The minimum atomic E-state index is -3.59. The zero-order chi connectivity index (χ0) is 13.9. The molecule has 0 radical (unpaired) electrons. The highest BCUT2D eigenvalue weighted by Gasteiger charge is 2.21. The lowest BCUT2D eigenvalue weighted by Gasteiger charge is -2.15. The molecule has 2 rings (SSSR count). The van der Waals surface area contributed by atoms with Gasteiger partial charge < -0.3 is 0 Å². The van der Waals surface area contributed by atoms with E-state index in [4.69, 9.17) is 11.6 Å². The SMILES string of the molecule is CCC(NS(=O)(=O)c1ccnc(Cl)c1)c1cccs1. The van der Waals surface area contributed by atoms with Crippen LogP contribution in [0.4, 0.5) is 0 Å². The van der Waals surface area contributed by atoms with Crippen molar-refractivity contribution in [2.45, 2.75) is 24.3 Å². The van der Waals surface area contributed by atoms with E-state index >= 15 is 0 Å². The summed E-state index contributed by atoms with van der Waals surface area (Å²) in [5, 5.41) is 2.09. The van der Waals surface area contributed by atoms with Gasteiger partial charge in [0.1, 0.15) is 5.15 Å². The Hall–Kier alpha value is -0.950. The number of thiophene rings is 1. The van der Waals surface area contributed by atoms with Crippen molar-refractivity contribution in [1.29, 1.82) is 0 Å². The monoisotopic (exact) mass is 316 g/mol. The largest absolute Gasteiger partial charge is 0.244 e. The molecule has 0 aromatic carbocycles. The van der Waals surface area contributed by atoms with E-state index in [2.05, 4.69) is 9.71 Å². The molecule has 102 valence electrons. The summed E-state index contributed by atoms with van der Waals surface area (Å²) in [7, 11) is -3.59. The maximum Gasteiger partial charge on any atom is 0.241 e. The van der Waals surface area contributed by atoms with Gasteiger partial charge in [-0.15, -0.1) is 11.3 Å². The van der Waals surface area contributed by atoms with Crippen molar-refractivity contribution in [2.75, 3.05) is 0 Å². The average molecular weight is 317 g/mol. The first-order chi connectivity index (χ1) is 9.03. The third-order valence-corrected chi connectivity index (χ3v) is 5.26. The van der Waals surface area contributed by atoms with E-state index in [9.17, 15) is 8.42 Å². The van der Waals surface area contributed by atoms with Crippen LogP contribution >= 0.6 is 22.9 Å². The van der Waals surface area contributed by atoms with Crippen LogP contribution in [0.5, 0.6) is 0 Å². The van der Waals surface area contributed by atoms with E-state index < -0.39 is 10.0 Å². The minimum absolute atomic E-state index is 0.127. The van der Waals surface area contributed by atoms with E-state index in [1.54, 1.807) is 0 Å². The van der Waals surface area contributed by atoms with Crippen molar-refractivity contribution in [3.05, 3.63) is 45.9 Å². The second kappa shape index (κ2) is 6.00. The van der Waals surface area contributed by atoms with E-state index in [1.165, 1.54) is 29.7 Å². The predicted octanol–water partition coefficient (Wildman–Crippen LogP) is 3.23. The molecule has 0 spiro atoms. The molecule has 0 aliphatic rings. The number of aromatic nitrogens is 1. The van der Waals surface area contributed by atoms with Crippen LogP contribution in [0, 0.1) is 0 Å². The van der Waals surface area contributed by atoms with Gasteiger partial charge in [0, 0.05) is 11.1 Å². The Kier molecular flexibility index (Phi) is 4.57. The lowest BCUT2D eigenvalue weighted by atomic mass is 10.2. The number of halogens is 1. The van der Waals surface area contributed by atoms with Gasteiger partial charge in [-0.05, 0) is 30.0 Å². The van der Waals surface area contributed by atoms with Crippen molar-refractivity contribution in [3.63, 3.8) is 0 Å². The summed E-state index contributed by atoms with van der Waals surface area (Å²) >= 11 is 7.25. The molecule has 0 saturated heterocycles. The molecular formula is C12H13ClN2O2S2. The van der Waals surface area contributed by atoms with Gasteiger partial charge >= 0.3 is 0 Å². The van der Waals surface area contributed by atoms with Crippen LogP contribution in [0.15, 0.2) is 40.7 Å². The van der Waals surface area contributed by atoms with Gasteiger partial charge in [-0.25, -0.2) is 18.1 Å². The standard InChI is InChI=1S/C12H13ClN2O2S2/c1-2-10(11-4-3-7-18-11)15-19(16,17)9-5-6-14-12(13)8-9/h3-8,10,15H,2H2,1H3. The topological polar surface area (TPSA) is 59.1 Å². The minimum Gasteiger partial charge on any atom is -0.244 e. The van der Waals surface area contributed by atoms with Gasteiger partial charge in [0.2, 0.25) is 10.0 Å². The van der Waals surface area contributed by atoms with Crippen LogP contribution in [0.1, 0.15) is 24.3 Å². The molecule has 0 amide bonds. The summed E-state index contributed by atoms with van der Waals surface area (Å²) in [5.74, 6) is 0. The number of hydrogen-bond acceptors (Lipinski definition) is 4.